The van der Waals surface area contributed by atoms with E-state index in [1.54, 1.807) is 0 Å². The van der Waals surface area contributed by atoms with E-state index in [2.05, 4.69) is 11.8 Å². The molecule has 0 unspecified atom stereocenters. The van der Waals surface area contributed by atoms with Crippen LogP contribution in [0.1, 0.15) is 22.8 Å². The van der Waals surface area contributed by atoms with E-state index < -0.39 is 18.6 Å². The van der Waals surface area contributed by atoms with Gasteiger partial charge in [0.1, 0.15) is 13.2 Å². The normalized spacial score (nSPS) is 10.7. The van der Waals surface area contributed by atoms with Gasteiger partial charge in [-0.25, -0.2) is 0 Å². The molecule has 1 aromatic carbocycles. The maximum absolute atomic E-state index is 12.3. The van der Waals surface area contributed by atoms with E-state index in [4.69, 9.17) is 5.11 Å². The zero-order chi connectivity index (χ0) is 15.2. The molecular weight excluding hydrogens is 271 g/mol. The fourth-order valence-electron chi connectivity index (χ4n) is 1.56. The Morgan fingerprint density at radius 1 is 1.30 bits per heavy atom. The topological polar surface area (TPSA) is 40.5 Å². The Bertz CT molecular complexity index is 512. The van der Waals surface area contributed by atoms with Crippen molar-refractivity contribution in [2.75, 3.05) is 19.7 Å². The average Bonchev–Trinajstić information content (AvgIpc) is 2.41. The highest BCUT2D eigenvalue weighted by atomic mass is 19.4. The molecule has 0 saturated heterocycles. The van der Waals surface area contributed by atoms with E-state index in [1.807, 2.05) is 0 Å². The molecule has 108 valence electrons. The summed E-state index contributed by atoms with van der Waals surface area (Å²) in [6, 6.07) is 5.89. The maximum atomic E-state index is 12.3. The molecule has 0 spiro atoms. The van der Waals surface area contributed by atoms with Crippen LogP contribution in [0.25, 0.3) is 0 Å². The molecule has 0 aliphatic carbocycles. The summed E-state index contributed by atoms with van der Waals surface area (Å²) in [7, 11) is 0. The van der Waals surface area contributed by atoms with E-state index in [0.717, 1.165) is 4.90 Å². The number of amides is 1. The van der Waals surface area contributed by atoms with Gasteiger partial charge in [-0.15, -0.1) is 0 Å². The monoisotopic (exact) mass is 285 g/mol. The highest BCUT2D eigenvalue weighted by molar-refractivity contribution is 5.94. The van der Waals surface area contributed by atoms with E-state index in [0.29, 0.717) is 5.56 Å². The largest absolute Gasteiger partial charge is 0.406 e. The number of hydrogen-bond donors (Lipinski definition) is 1. The quantitative estimate of drug-likeness (QED) is 0.864. The van der Waals surface area contributed by atoms with Crippen LogP contribution in [0.15, 0.2) is 24.3 Å². The molecule has 0 radical (unpaired) electrons. The number of benzene rings is 1. The zero-order valence-corrected chi connectivity index (χ0v) is 10.9. The molecule has 0 fully saturated rings. The first-order valence-corrected chi connectivity index (χ1v) is 5.93. The summed E-state index contributed by atoms with van der Waals surface area (Å²) in [5, 5.41) is 8.54. The van der Waals surface area contributed by atoms with Gasteiger partial charge in [-0.1, -0.05) is 11.8 Å². The van der Waals surface area contributed by atoms with Crippen LogP contribution in [0.4, 0.5) is 13.2 Å². The average molecular weight is 285 g/mol. The van der Waals surface area contributed by atoms with E-state index in [9.17, 15) is 18.0 Å². The predicted molar refractivity (Wildman–Crippen MR) is 68.0 cm³/mol. The van der Waals surface area contributed by atoms with Crippen LogP contribution >= 0.6 is 0 Å². The Morgan fingerprint density at radius 3 is 2.35 bits per heavy atom. The van der Waals surface area contributed by atoms with Crippen LogP contribution in [0.3, 0.4) is 0 Å². The van der Waals surface area contributed by atoms with Crippen LogP contribution in [0.2, 0.25) is 0 Å². The molecule has 0 heterocycles. The van der Waals surface area contributed by atoms with Gasteiger partial charge in [0.05, 0.1) is 0 Å². The van der Waals surface area contributed by atoms with Crippen molar-refractivity contribution in [2.24, 2.45) is 0 Å². The van der Waals surface area contributed by atoms with Crippen LogP contribution in [-0.4, -0.2) is 41.8 Å². The Morgan fingerprint density at radius 2 is 1.90 bits per heavy atom. The molecule has 1 N–H and O–H groups in total. The number of nitrogens with zero attached hydrogens (tertiary/aromatic N) is 1. The summed E-state index contributed by atoms with van der Waals surface area (Å²) in [4.78, 5) is 12.7. The van der Waals surface area contributed by atoms with Crippen molar-refractivity contribution in [3.8, 4) is 11.8 Å². The summed E-state index contributed by atoms with van der Waals surface area (Å²) in [6.07, 6.45) is -4.42. The number of rotatable bonds is 3. The third kappa shape index (κ3) is 4.94. The summed E-state index contributed by atoms with van der Waals surface area (Å²) in [5.41, 5.74) is 0.750. The third-order valence-corrected chi connectivity index (χ3v) is 2.48. The van der Waals surface area contributed by atoms with Gasteiger partial charge in [-0.3, -0.25) is 4.79 Å². The highest BCUT2D eigenvalue weighted by Gasteiger charge is 2.32. The summed E-state index contributed by atoms with van der Waals surface area (Å²) < 4.78 is 37.0. The van der Waals surface area contributed by atoms with E-state index in [1.165, 1.54) is 31.2 Å². The lowest BCUT2D eigenvalue weighted by molar-refractivity contribution is -0.140. The van der Waals surface area contributed by atoms with Crippen molar-refractivity contribution in [3.05, 3.63) is 35.4 Å². The van der Waals surface area contributed by atoms with Crippen LogP contribution in [-0.2, 0) is 0 Å². The smallest absolute Gasteiger partial charge is 0.384 e. The van der Waals surface area contributed by atoms with Crippen molar-refractivity contribution in [2.45, 2.75) is 13.1 Å². The second-order valence-electron chi connectivity index (χ2n) is 3.97. The van der Waals surface area contributed by atoms with Gasteiger partial charge < -0.3 is 10.0 Å². The van der Waals surface area contributed by atoms with Crippen molar-refractivity contribution < 1.29 is 23.1 Å². The summed E-state index contributed by atoms with van der Waals surface area (Å²) >= 11 is 0. The first-order valence-electron chi connectivity index (χ1n) is 5.93. The fourth-order valence-corrected chi connectivity index (χ4v) is 1.56. The van der Waals surface area contributed by atoms with Crippen molar-refractivity contribution in [1.82, 2.24) is 4.90 Å². The molecule has 0 aliphatic heterocycles. The standard InChI is InChI=1S/C14H14F3NO2/c1-2-18(10-14(15,16)17)13(20)12-7-5-11(6-8-12)4-3-9-19/h5-8,19H,2,9-10H2,1H3. The molecular formula is C14H14F3NO2. The number of alkyl halides is 3. The van der Waals surface area contributed by atoms with Gasteiger partial charge in [0.25, 0.3) is 5.91 Å². The lowest BCUT2D eigenvalue weighted by Crippen LogP contribution is -2.38. The highest BCUT2D eigenvalue weighted by Crippen LogP contribution is 2.18. The van der Waals surface area contributed by atoms with E-state index in [-0.39, 0.29) is 18.7 Å². The second kappa shape index (κ2) is 6.96. The molecule has 0 bridgehead atoms. The van der Waals surface area contributed by atoms with Crippen LogP contribution in [0.5, 0.6) is 0 Å². The minimum Gasteiger partial charge on any atom is -0.384 e. The molecule has 0 aliphatic rings. The Balaban J connectivity index is 2.85. The molecule has 1 aromatic rings. The summed E-state index contributed by atoms with van der Waals surface area (Å²) in [5.74, 6) is 4.40. The lowest BCUT2D eigenvalue weighted by atomic mass is 10.1. The molecule has 1 amide bonds. The summed E-state index contributed by atoms with van der Waals surface area (Å²) in [6.45, 7) is -0.0839. The maximum Gasteiger partial charge on any atom is 0.406 e. The minimum atomic E-state index is -4.42. The van der Waals surface area contributed by atoms with Gasteiger partial charge in [0, 0.05) is 17.7 Å². The van der Waals surface area contributed by atoms with Crippen molar-refractivity contribution in [3.63, 3.8) is 0 Å². The molecule has 0 atom stereocenters. The van der Waals surface area contributed by atoms with Crippen LogP contribution < -0.4 is 0 Å². The van der Waals surface area contributed by atoms with Crippen molar-refractivity contribution in [1.29, 1.82) is 0 Å². The number of carbonyl (C=O) groups excluding carboxylic acids is 1. The van der Waals surface area contributed by atoms with Crippen LogP contribution in [0, 0.1) is 11.8 Å². The predicted octanol–water partition coefficient (Wildman–Crippen LogP) is 2.05. The molecule has 0 saturated carbocycles. The number of hydrogen-bond acceptors (Lipinski definition) is 2. The Labute approximate surface area is 115 Å². The minimum absolute atomic E-state index is 0.0234. The molecule has 20 heavy (non-hydrogen) atoms. The number of carbonyl (C=O) groups is 1. The van der Waals surface area contributed by atoms with Gasteiger partial charge in [-0.05, 0) is 31.2 Å². The first kappa shape index (κ1) is 16.1. The van der Waals surface area contributed by atoms with Gasteiger partial charge in [-0.2, -0.15) is 13.2 Å². The number of aliphatic hydroxyl groups excluding tert-OH is 1. The Hall–Kier alpha value is -2.00. The van der Waals surface area contributed by atoms with Gasteiger partial charge in [0.15, 0.2) is 0 Å². The lowest BCUT2D eigenvalue weighted by Gasteiger charge is -2.22. The van der Waals surface area contributed by atoms with E-state index >= 15 is 0 Å². The molecule has 0 aromatic heterocycles. The van der Waals surface area contributed by atoms with Gasteiger partial charge in [0.2, 0.25) is 0 Å². The second-order valence-corrected chi connectivity index (χ2v) is 3.97. The number of halogens is 3. The third-order valence-electron chi connectivity index (χ3n) is 2.48. The SMILES string of the molecule is CCN(CC(F)(F)F)C(=O)c1ccc(C#CCO)cc1. The first-order chi connectivity index (χ1) is 9.37. The zero-order valence-electron chi connectivity index (χ0n) is 10.9. The fraction of sp³-hybridized carbons (Fsp3) is 0.357. The molecule has 1 rings (SSSR count). The molecule has 6 heteroatoms. The molecule has 3 nitrogen and oxygen atoms in total. The van der Waals surface area contributed by atoms with Crippen molar-refractivity contribution >= 4 is 5.91 Å². The Kier molecular flexibility index (Phi) is 5.59. The number of aliphatic hydroxyl groups is 1. The van der Waals surface area contributed by atoms with Gasteiger partial charge >= 0.3 is 6.18 Å².